The van der Waals surface area contributed by atoms with E-state index in [1.165, 1.54) is 35.2 Å². The van der Waals surface area contributed by atoms with Crippen LogP contribution in [0.3, 0.4) is 0 Å². The van der Waals surface area contributed by atoms with Crippen molar-refractivity contribution in [2.75, 3.05) is 32.7 Å². The van der Waals surface area contributed by atoms with E-state index in [1.54, 1.807) is 33.3 Å². The van der Waals surface area contributed by atoms with Gasteiger partial charge in [0.25, 0.3) is 11.6 Å². The summed E-state index contributed by atoms with van der Waals surface area (Å²) in [6.07, 6.45) is 0.841. The van der Waals surface area contributed by atoms with Gasteiger partial charge in [-0.3, -0.25) is 24.6 Å². The van der Waals surface area contributed by atoms with Crippen LogP contribution in [-0.2, 0) is 11.2 Å². The van der Waals surface area contributed by atoms with Crippen molar-refractivity contribution in [2.24, 2.45) is 0 Å². The molecule has 0 aliphatic carbocycles. The average molecular weight is 523 g/mol. The van der Waals surface area contributed by atoms with Gasteiger partial charge in [-0.25, -0.2) is 4.39 Å². The monoisotopic (exact) mass is 522 g/mol. The zero-order chi connectivity index (χ0) is 26.1. The molecule has 1 saturated heterocycles. The quantitative estimate of drug-likeness (QED) is 0.372. The van der Waals surface area contributed by atoms with Gasteiger partial charge in [-0.05, 0) is 54.1 Å². The number of rotatable bonds is 5. The number of carbonyl (C=O) groups excluding carboxylic acids is 2. The van der Waals surface area contributed by atoms with Gasteiger partial charge in [0.1, 0.15) is 5.82 Å². The van der Waals surface area contributed by atoms with Crippen molar-refractivity contribution in [1.29, 1.82) is 0 Å². The van der Waals surface area contributed by atoms with Crippen molar-refractivity contribution in [2.45, 2.75) is 25.4 Å². The molecule has 37 heavy (non-hydrogen) atoms. The average Bonchev–Trinajstić information content (AvgIpc) is 3.37. The van der Waals surface area contributed by atoms with Crippen molar-refractivity contribution >= 4 is 28.8 Å². The molecule has 0 N–H and O–H groups in total. The van der Waals surface area contributed by atoms with Gasteiger partial charge in [0.15, 0.2) is 0 Å². The number of benzene rings is 2. The zero-order valence-corrected chi connectivity index (χ0v) is 21.2. The van der Waals surface area contributed by atoms with E-state index in [2.05, 4.69) is 11.0 Å². The van der Waals surface area contributed by atoms with Crippen LogP contribution in [-0.4, -0.2) is 70.2 Å². The van der Waals surface area contributed by atoms with Crippen LogP contribution in [0.25, 0.3) is 0 Å². The first-order chi connectivity index (χ1) is 17.8. The third kappa shape index (κ3) is 5.12. The SMILES string of the molecule is C[C@H]1CN(C(=O)CN2CCc3sccc3[C@@H]2c2cccc(F)c2)CCN1C(=O)c1cccc([N+](=O)[O-])c1. The highest BCUT2D eigenvalue weighted by molar-refractivity contribution is 7.10. The summed E-state index contributed by atoms with van der Waals surface area (Å²) < 4.78 is 14.1. The standard InChI is InChI=1S/C27H27FN4O4S/c1-18-16-29(11-12-31(18)27(34)20-5-3-7-22(15-20)32(35)36)25(33)17-30-10-8-24-23(9-13-37-24)26(30)19-4-2-6-21(28)14-19/h2-7,9,13-15,18,26H,8,10-12,16-17H2,1H3/t18-,26-/m0/s1. The summed E-state index contributed by atoms with van der Waals surface area (Å²) in [5.41, 5.74) is 2.08. The maximum absolute atomic E-state index is 14.1. The summed E-state index contributed by atoms with van der Waals surface area (Å²) in [5.74, 6) is -0.616. The number of halogens is 1. The minimum absolute atomic E-state index is 0.0330. The minimum atomic E-state index is -0.520. The predicted molar refractivity (Wildman–Crippen MR) is 138 cm³/mol. The van der Waals surface area contributed by atoms with Gasteiger partial charge in [0, 0.05) is 54.8 Å². The Bertz CT molecular complexity index is 1350. The lowest BCUT2D eigenvalue weighted by Crippen LogP contribution is -2.57. The molecule has 0 radical (unpaired) electrons. The maximum atomic E-state index is 14.1. The molecule has 8 nitrogen and oxygen atoms in total. The van der Waals surface area contributed by atoms with E-state index in [9.17, 15) is 24.1 Å². The Kier molecular flexibility index (Phi) is 7.03. The fourth-order valence-corrected chi connectivity index (χ4v) is 6.19. The van der Waals surface area contributed by atoms with E-state index >= 15 is 0 Å². The number of amides is 2. The maximum Gasteiger partial charge on any atom is 0.270 e. The molecule has 0 bridgehead atoms. The number of nitro groups is 1. The summed E-state index contributed by atoms with van der Waals surface area (Å²) in [6.45, 7) is 3.87. The van der Waals surface area contributed by atoms with Gasteiger partial charge in [-0.1, -0.05) is 18.2 Å². The van der Waals surface area contributed by atoms with Crippen LogP contribution in [0, 0.1) is 15.9 Å². The van der Waals surface area contributed by atoms with Crippen LogP contribution in [0.15, 0.2) is 60.0 Å². The third-order valence-corrected chi connectivity index (χ3v) is 8.11. The molecule has 2 aromatic carbocycles. The van der Waals surface area contributed by atoms with Gasteiger partial charge in [-0.15, -0.1) is 11.3 Å². The Hall–Kier alpha value is -3.63. The van der Waals surface area contributed by atoms with Crippen molar-refractivity contribution < 1.29 is 18.9 Å². The molecule has 10 heteroatoms. The van der Waals surface area contributed by atoms with Crippen molar-refractivity contribution in [3.63, 3.8) is 0 Å². The van der Waals surface area contributed by atoms with Gasteiger partial charge >= 0.3 is 0 Å². The van der Waals surface area contributed by atoms with E-state index in [-0.39, 0.29) is 47.5 Å². The lowest BCUT2D eigenvalue weighted by molar-refractivity contribution is -0.384. The molecule has 0 spiro atoms. The predicted octanol–water partition coefficient (Wildman–Crippen LogP) is 4.12. The molecule has 0 unspecified atom stereocenters. The molecule has 2 amide bonds. The van der Waals surface area contributed by atoms with Crippen molar-refractivity contribution in [1.82, 2.24) is 14.7 Å². The van der Waals surface area contributed by atoms with Crippen LogP contribution in [0.4, 0.5) is 10.1 Å². The van der Waals surface area contributed by atoms with Crippen LogP contribution < -0.4 is 0 Å². The van der Waals surface area contributed by atoms with E-state index in [0.29, 0.717) is 26.2 Å². The Morgan fingerprint density at radius 3 is 2.68 bits per heavy atom. The number of hydrogen-bond acceptors (Lipinski definition) is 6. The number of nitro benzene ring substituents is 1. The number of piperazine rings is 1. The molecule has 2 atom stereocenters. The number of non-ortho nitro benzene ring substituents is 1. The summed E-state index contributed by atoms with van der Waals surface area (Å²) in [7, 11) is 0. The highest BCUT2D eigenvalue weighted by Gasteiger charge is 2.35. The molecule has 192 valence electrons. The van der Waals surface area contributed by atoms with Gasteiger partial charge in [0.2, 0.25) is 5.91 Å². The van der Waals surface area contributed by atoms with Crippen LogP contribution in [0.2, 0.25) is 0 Å². The lowest BCUT2D eigenvalue weighted by Gasteiger charge is -2.42. The molecule has 3 aromatic rings. The molecule has 2 aliphatic rings. The van der Waals surface area contributed by atoms with E-state index in [1.807, 2.05) is 18.4 Å². The number of carbonyl (C=O) groups is 2. The number of nitrogens with zero attached hydrogens (tertiary/aromatic N) is 4. The Balaban J connectivity index is 1.28. The topological polar surface area (TPSA) is 87.0 Å². The van der Waals surface area contributed by atoms with Gasteiger partial charge < -0.3 is 9.80 Å². The minimum Gasteiger partial charge on any atom is -0.338 e. The zero-order valence-electron chi connectivity index (χ0n) is 20.4. The fraction of sp³-hybridized carbons (Fsp3) is 0.333. The molecular formula is C27H27FN4O4S. The fourth-order valence-electron chi connectivity index (χ4n) is 5.28. The summed E-state index contributed by atoms with van der Waals surface area (Å²) in [6, 6.07) is 13.9. The van der Waals surface area contributed by atoms with Crippen LogP contribution in [0.5, 0.6) is 0 Å². The van der Waals surface area contributed by atoms with E-state index < -0.39 is 4.92 Å². The van der Waals surface area contributed by atoms with Crippen LogP contribution >= 0.6 is 11.3 Å². The molecule has 3 heterocycles. The molecule has 2 aliphatic heterocycles. The number of thiophene rings is 1. The number of hydrogen-bond donors (Lipinski definition) is 0. The Morgan fingerprint density at radius 2 is 1.92 bits per heavy atom. The molecule has 1 aromatic heterocycles. The lowest BCUT2D eigenvalue weighted by atomic mass is 9.93. The molecule has 1 fully saturated rings. The number of fused-ring (bicyclic) bond motifs is 1. The molecule has 5 rings (SSSR count). The van der Waals surface area contributed by atoms with Gasteiger partial charge in [0.05, 0.1) is 17.5 Å². The Labute approximate surface area is 218 Å². The Morgan fingerprint density at radius 1 is 1.11 bits per heavy atom. The summed E-state index contributed by atoms with van der Waals surface area (Å²) in [4.78, 5) is 43.8. The highest BCUT2D eigenvalue weighted by atomic mass is 32.1. The highest BCUT2D eigenvalue weighted by Crippen LogP contribution is 2.38. The van der Waals surface area contributed by atoms with Crippen molar-refractivity contribution in [3.05, 3.63) is 97.5 Å². The first-order valence-electron chi connectivity index (χ1n) is 12.2. The second kappa shape index (κ2) is 10.4. The largest absolute Gasteiger partial charge is 0.338 e. The summed E-state index contributed by atoms with van der Waals surface area (Å²) in [5, 5.41) is 13.1. The summed E-state index contributed by atoms with van der Waals surface area (Å²) >= 11 is 1.69. The van der Waals surface area contributed by atoms with Crippen LogP contribution in [0.1, 0.15) is 39.3 Å². The van der Waals surface area contributed by atoms with E-state index in [4.69, 9.17) is 0 Å². The third-order valence-electron chi connectivity index (χ3n) is 7.11. The molecule has 0 saturated carbocycles. The smallest absolute Gasteiger partial charge is 0.270 e. The second-order valence-electron chi connectivity index (χ2n) is 9.47. The van der Waals surface area contributed by atoms with Gasteiger partial charge in [-0.2, -0.15) is 0 Å². The normalized spacial score (nSPS) is 19.9. The molecular weight excluding hydrogens is 495 g/mol. The van der Waals surface area contributed by atoms with E-state index in [0.717, 1.165) is 17.5 Å². The first kappa shape index (κ1) is 25.0. The van der Waals surface area contributed by atoms with Crippen molar-refractivity contribution in [3.8, 4) is 0 Å². The first-order valence-corrected chi connectivity index (χ1v) is 13.1. The second-order valence-corrected chi connectivity index (χ2v) is 10.5.